The molecule has 0 N–H and O–H groups in total. The molecule has 0 fully saturated rings. The molecule has 0 unspecified atom stereocenters. The van der Waals surface area contributed by atoms with Crippen molar-refractivity contribution in [2.24, 2.45) is 0 Å². The minimum Gasteiger partial charge on any atom is -0.490 e. The van der Waals surface area contributed by atoms with E-state index in [1.807, 2.05) is 0 Å². The first-order valence-electron chi connectivity index (χ1n) is 6.53. The average Bonchev–Trinajstić information content (AvgIpc) is 2.53. The smallest absolute Gasteiger partial charge is 0.264 e. The summed E-state index contributed by atoms with van der Waals surface area (Å²) in [5.74, 6) is 0.140. The number of anilines is 1. The second-order valence-electron chi connectivity index (χ2n) is 4.52. The standard InChI is InChI=1S/C16H16FNO3S/c1-3-12-21-15-8-6-14(7-9-15)18(2)22(19,20)16-10-4-13(17)5-11-16/h3-11H,1,12H2,2H3. The number of sulfonamides is 1. The van der Waals surface area contributed by atoms with Gasteiger partial charge in [0.25, 0.3) is 10.0 Å². The average molecular weight is 321 g/mol. The Labute approximate surface area is 129 Å². The summed E-state index contributed by atoms with van der Waals surface area (Å²) < 4.78 is 44.3. The Balaban J connectivity index is 2.24. The van der Waals surface area contributed by atoms with Crippen LogP contribution in [0, 0.1) is 5.82 Å². The van der Waals surface area contributed by atoms with Gasteiger partial charge in [-0.3, -0.25) is 4.31 Å². The number of hydrogen-bond donors (Lipinski definition) is 0. The molecule has 0 atom stereocenters. The fraction of sp³-hybridized carbons (Fsp3) is 0.125. The third-order valence-electron chi connectivity index (χ3n) is 3.04. The number of nitrogens with zero attached hydrogens (tertiary/aromatic N) is 1. The highest BCUT2D eigenvalue weighted by molar-refractivity contribution is 7.92. The number of benzene rings is 2. The summed E-state index contributed by atoms with van der Waals surface area (Å²) in [6, 6.07) is 11.3. The lowest BCUT2D eigenvalue weighted by Crippen LogP contribution is -2.26. The number of halogens is 1. The molecule has 2 aromatic carbocycles. The van der Waals surface area contributed by atoms with Crippen LogP contribution in [0.25, 0.3) is 0 Å². The highest BCUT2D eigenvalue weighted by atomic mass is 32.2. The summed E-state index contributed by atoms with van der Waals surface area (Å²) in [6.07, 6.45) is 1.62. The van der Waals surface area contributed by atoms with E-state index in [0.29, 0.717) is 18.0 Å². The monoisotopic (exact) mass is 321 g/mol. The quantitative estimate of drug-likeness (QED) is 0.768. The summed E-state index contributed by atoms with van der Waals surface area (Å²) in [6.45, 7) is 3.93. The molecule has 0 saturated carbocycles. The molecule has 4 nitrogen and oxygen atoms in total. The minimum absolute atomic E-state index is 0.0309. The lowest BCUT2D eigenvalue weighted by atomic mass is 10.3. The molecule has 0 amide bonds. The van der Waals surface area contributed by atoms with E-state index in [2.05, 4.69) is 6.58 Å². The summed E-state index contributed by atoms with van der Waals surface area (Å²) in [4.78, 5) is 0.0309. The number of ether oxygens (including phenoxy) is 1. The first-order valence-corrected chi connectivity index (χ1v) is 7.97. The van der Waals surface area contributed by atoms with Crippen molar-refractivity contribution in [1.82, 2.24) is 0 Å². The van der Waals surface area contributed by atoms with E-state index in [0.717, 1.165) is 16.4 Å². The molecule has 0 radical (unpaired) electrons. The van der Waals surface area contributed by atoms with Gasteiger partial charge in [-0.25, -0.2) is 12.8 Å². The molecular formula is C16H16FNO3S. The molecule has 22 heavy (non-hydrogen) atoms. The van der Waals surface area contributed by atoms with Crippen molar-refractivity contribution < 1.29 is 17.5 Å². The fourth-order valence-corrected chi connectivity index (χ4v) is 3.01. The maximum atomic E-state index is 12.9. The molecule has 2 aromatic rings. The minimum atomic E-state index is -3.73. The van der Waals surface area contributed by atoms with E-state index >= 15 is 0 Å². The lowest BCUT2D eigenvalue weighted by Gasteiger charge is -2.19. The van der Waals surface area contributed by atoms with Gasteiger partial charge in [0.05, 0.1) is 10.6 Å². The first-order chi connectivity index (χ1) is 10.4. The maximum absolute atomic E-state index is 12.9. The summed E-state index contributed by atoms with van der Waals surface area (Å²) >= 11 is 0. The summed E-state index contributed by atoms with van der Waals surface area (Å²) in [5.41, 5.74) is 0.482. The zero-order valence-corrected chi connectivity index (χ0v) is 12.9. The molecule has 116 valence electrons. The Morgan fingerprint density at radius 2 is 1.73 bits per heavy atom. The van der Waals surface area contributed by atoms with Gasteiger partial charge in [-0.1, -0.05) is 12.7 Å². The van der Waals surface area contributed by atoms with Gasteiger partial charge in [-0.05, 0) is 48.5 Å². The second-order valence-corrected chi connectivity index (χ2v) is 6.49. The van der Waals surface area contributed by atoms with Gasteiger partial charge in [0.2, 0.25) is 0 Å². The van der Waals surface area contributed by atoms with Crippen molar-refractivity contribution in [3.63, 3.8) is 0 Å². The Bertz CT molecular complexity index is 740. The third kappa shape index (κ3) is 3.46. The Kier molecular flexibility index (Phi) is 4.82. The van der Waals surface area contributed by atoms with Crippen LogP contribution in [0.5, 0.6) is 5.75 Å². The molecule has 0 aliphatic rings. The van der Waals surface area contributed by atoms with E-state index in [-0.39, 0.29) is 4.90 Å². The molecule has 0 aliphatic heterocycles. The predicted octanol–water partition coefficient (Wildman–Crippen LogP) is 3.22. The van der Waals surface area contributed by atoms with E-state index in [1.165, 1.54) is 19.2 Å². The summed E-state index contributed by atoms with van der Waals surface area (Å²) in [7, 11) is -2.29. The molecule has 0 bridgehead atoms. The molecule has 0 spiro atoms. The Hall–Kier alpha value is -2.34. The molecule has 0 aliphatic carbocycles. The Morgan fingerprint density at radius 1 is 1.14 bits per heavy atom. The van der Waals surface area contributed by atoms with E-state index in [1.54, 1.807) is 30.3 Å². The van der Waals surface area contributed by atoms with Gasteiger partial charge >= 0.3 is 0 Å². The van der Waals surface area contributed by atoms with Gasteiger partial charge in [0.15, 0.2) is 0 Å². The van der Waals surface area contributed by atoms with Gasteiger partial charge in [0, 0.05) is 7.05 Å². The van der Waals surface area contributed by atoms with Crippen LogP contribution in [-0.4, -0.2) is 22.1 Å². The third-order valence-corrected chi connectivity index (χ3v) is 4.84. The van der Waals surface area contributed by atoms with Crippen LogP contribution in [0.2, 0.25) is 0 Å². The number of hydrogen-bond acceptors (Lipinski definition) is 3. The van der Waals surface area contributed by atoms with Crippen LogP contribution in [0.4, 0.5) is 10.1 Å². The number of rotatable bonds is 6. The first kappa shape index (κ1) is 16.0. The van der Waals surface area contributed by atoms with Gasteiger partial charge < -0.3 is 4.74 Å². The van der Waals surface area contributed by atoms with Crippen molar-refractivity contribution in [3.05, 3.63) is 67.0 Å². The van der Waals surface area contributed by atoms with Crippen LogP contribution in [0.3, 0.4) is 0 Å². The van der Waals surface area contributed by atoms with E-state index < -0.39 is 15.8 Å². The van der Waals surface area contributed by atoms with E-state index in [4.69, 9.17) is 4.74 Å². The van der Waals surface area contributed by atoms with Crippen LogP contribution >= 0.6 is 0 Å². The highest BCUT2D eigenvalue weighted by Gasteiger charge is 2.21. The van der Waals surface area contributed by atoms with Gasteiger partial charge in [-0.2, -0.15) is 0 Å². The predicted molar refractivity (Wildman–Crippen MR) is 84.1 cm³/mol. The molecule has 2 rings (SSSR count). The van der Waals surface area contributed by atoms with Gasteiger partial charge in [-0.15, -0.1) is 0 Å². The van der Waals surface area contributed by atoms with Crippen LogP contribution in [0.1, 0.15) is 0 Å². The van der Waals surface area contributed by atoms with Crippen LogP contribution in [-0.2, 0) is 10.0 Å². The SMILES string of the molecule is C=CCOc1ccc(N(C)S(=O)(=O)c2ccc(F)cc2)cc1. The molecule has 0 saturated heterocycles. The van der Waals surface area contributed by atoms with Crippen LogP contribution in [0.15, 0.2) is 66.1 Å². The van der Waals surface area contributed by atoms with E-state index in [9.17, 15) is 12.8 Å². The lowest BCUT2D eigenvalue weighted by molar-refractivity contribution is 0.363. The normalized spacial score (nSPS) is 11.0. The van der Waals surface area contributed by atoms with Crippen molar-refractivity contribution in [2.75, 3.05) is 18.0 Å². The Morgan fingerprint density at radius 3 is 2.27 bits per heavy atom. The van der Waals surface area contributed by atoms with Crippen molar-refractivity contribution in [3.8, 4) is 5.75 Å². The van der Waals surface area contributed by atoms with Crippen molar-refractivity contribution in [1.29, 1.82) is 0 Å². The zero-order valence-electron chi connectivity index (χ0n) is 12.1. The van der Waals surface area contributed by atoms with Crippen molar-refractivity contribution in [2.45, 2.75) is 4.90 Å². The second kappa shape index (κ2) is 6.62. The summed E-state index contributed by atoms with van der Waals surface area (Å²) in [5, 5.41) is 0. The maximum Gasteiger partial charge on any atom is 0.264 e. The van der Waals surface area contributed by atoms with Gasteiger partial charge in [0.1, 0.15) is 18.2 Å². The fourth-order valence-electron chi connectivity index (χ4n) is 1.81. The highest BCUT2D eigenvalue weighted by Crippen LogP contribution is 2.24. The van der Waals surface area contributed by atoms with Crippen LogP contribution < -0.4 is 9.04 Å². The molecular weight excluding hydrogens is 305 g/mol. The molecule has 0 heterocycles. The topological polar surface area (TPSA) is 46.6 Å². The zero-order chi connectivity index (χ0) is 16.2. The largest absolute Gasteiger partial charge is 0.490 e. The van der Waals surface area contributed by atoms with Crippen molar-refractivity contribution >= 4 is 15.7 Å². The molecule has 0 aromatic heterocycles. The molecule has 6 heteroatoms.